The molecule has 154 valence electrons. The molecular formula is C19H17F3N2O4S. The molecule has 0 saturated heterocycles. The molecule has 10 heteroatoms. The molecule has 3 aromatic rings. The van der Waals surface area contributed by atoms with Crippen molar-refractivity contribution in [3.63, 3.8) is 0 Å². The molecule has 1 N–H and O–H groups in total. The Morgan fingerprint density at radius 2 is 1.86 bits per heavy atom. The van der Waals surface area contributed by atoms with Gasteiger partial charge in [-0.05, 0) is 35.7 Å². The number of benzene rings is 2. The zero-order chi connectivity index (χ0) is 21.2. The van der Waals surface area contributed by atoms with Crippen molar-refractivity contribution in [3.05, 3.63) is 60.3 Å². The van der Waals surface area contributed by atoms with E-state index in [2.05, 4.69) is 9.46 Å². The normalized spacial score (nSPS) is 12.1. The van der Waals surface area contributed by atoms with Crippen LogP contribution in [0.3, 0.4) is 0 Å². The Labute approximate surface area is 164 Å². The van der Waals surface area contributed by atoms with Gasteiger partial charge in [0.15, 0.2) is 0 Å². The number of nitrogens with one attached hydrogen (secondary N) is 1. The first-order valence-electron chi connectivity index (χ1n) is 8.46. The molecule has 0 amide bonds. The number of anilines is 1. The van der Waals surface area contributed by atoms with Gasteiger partial charge in [0.25, 0.3) is 10.0 Å². The molecule has 0 spiro atoms. The van der Waals surface area contributed by atoms with Gasteiger partial charge in [-0.2, -0.15) is 13.2 Å². The molecule has 0 unspecified atom stereocenters. The standard InChI is InChI=1S/C19H17F3N2O4S/c1-28-18(25)9-11-24-10-8-13-6-7-14(12-16(13)24)23-29(26,27)17-5-3-2-4-15(17)19(20,21)22/h2-8,10,12,23H,9,11H2,1H3. The van der Waals surface area contributed by atoms with Crippen LogP contribution in [0.1, 0.15) is 12.0 Å². The summed E-state index contributed by atoms with van der Waals surface area (Å²) in [6.45, 7) is 0.309. The van der Waals surface area contributed by atoms with Crippen LogP contribution in [0.25, 0.3) is 10.9 Å². The lowest BCUT2D eigenvalue weighted by Gasteiger charge is -2.14. The highest BCUT2D eigenvalue weighted by Crippen LogP contribution is 2.34. The van der Waals surface area contributed by atoms with E-state index in [0.29, 0.717) is 12.1 Å². The Hall–Kier alpha value is -3.01. The van der Waals surface area contributed by atoms with Crippen LogP contribution in [0.5, 0.6) is 0 Å². The number of methoxy groups -OCH3 is 1. The van der Waals surface area contributed by atoms with Crippen LogP contribution >= 0.6 is 0 Å². The fraction of sp³-hybridized carbons (Fsp3) is 0.211. The Morgan fingerprint density at radius 1 is 1.14 bits per heavy atom. The number of sulfonamides is 1. The summed E-state index contributed by atoms with van der Waals surface area (Å²) in [5.41, 5.74) is -0.513. The van der Waals surface area contributed by atoms with E-state index in [-0.39, 0.29) is 12.1 Å². The molecule has 0 atom stereocenters. The third kappa shape index (κ3) is 4.53. The van der Waals surface area contributed by atoms with Crippen molar-refractivity contribution in [3.8, 4) is 0 Å². The first kappa shape index (κ1) is 20.7. The number of aromatic nitrogens is 1. The van der Waals surface area contributed by atoms with Gasteiger partial charge in [-0.25, -0.2) is 8.42 Å². The fourth-order valence-corrected chi connectivity index (χ4v) is 4.18. The molecule has 0 radical (unpaired) electrons. The maximum atomic E-state index is 13.2. The van der Waals surface area contributed by atoms with E-state index in [0.717, 1.165) is 23.6 Å². The molecule has 0 fully saturated rings. The van der Waals surface area contributed by atoms with Crippen LogP contribution in [0.2, 0.25) is 0 Å². The number of ether oxygens (including phenoxy) is 1. The molecule has 29 heavy (non-hydrogen) atoms. The molecule has 1 heterocycles. The lowest BCUT2D eigenvalue weighted by Crippen LogP contribution is -2.18. The monoisotopic (exact) mass is 426 g/mol. The van der Waals surface area contributed by atoms with Crippen LogP contribution in [-0.4, -0.2) is 26.1 Å². The zero-order valence-corrected chi connectivity index (χ0v) is 16.0. The summed E-state index contributed by atoms with van der Waals surface area (Å²) in [6.07, 6.45) is -2.96. The average molecular weight is 426 g/mol. The van der Waals surface area contributed by atoms with Gasteiger partial charge in [0.2, 0.25) is 0 Å². The van der Waals surface area contributed by atoms with Crippen LogP contribution in [0, 0.1) is 0 Å². The lowest BCUT2D eigenvalue weighted by molar-refractivity contribution is -0.141. The van der Waals surface area contributed by atoms with E-state index in [9.17, 15) is 26.4 Å². The van der Waals surface area contributed by atoms with Crippen LogP contribution < -0.4 is 4.72 Å². The van der Waals surface area contributed by atoms with E-state index >= 15 is 0 Å². The van der Waals surface area contributed by atoms with Gasteiger partial charge in [-0.1, -0.05) is 18.2 Å². The van der Waals surface area contributed by atoms with Gasteiger partial charge < -0.3 is 9.30 Å². The number of nitrogens with zero attached hydrogens (tertiary/aromatic N) is 1. The molecule has 6 nitrogen and oxygen atoms in total. The first-order valence-corrected chi connectivity index (χ1v) is 9.95. The Morgan fingerprint density at radius 3 is 2.55 bits per heavy atom. The minimum Gasteiger partial charge on any atom is -0.469 e. The van der Waals surface area contributed by atoms with E-state index in [1.54, 1.807) is 22.9 Å². The highest BCUT2D eigenvalue weighted by Gasteiger charge is 2.36. The summed E-state index contributed by atoms with van der Waals surface area (Å²) in [4.78, 5) is 10.5. The van der Waals surface area contributed by atoms with Crippen molar-refractivity contribution in [1.82, 2.24) is 4.57 Å². The largest absolute Gasteiger partial charge is 0.469 e. The fourth-order valence-electron chi connectivity index (χ4n) is 2.90. The third-order valence-electron chi connectivity index (χ3n) is 4.29. The topological polar surface area (TPSA) is 77.4 Å². The van der Waals surface area contributed by atoms with E-state index in [1.165, 1.54) is 25.3 Å². The predicted octanol–water partition coefficient (Wildman–Crippen LogP) is 4.02. The average Bonchev–Trinajstić information content (AvgIpc) is 3.07. The minimum atomic E-state index is -4.81. The maximum Gasteiger partial charge on any atom is 0.417 e. The molecular weight excluding hydrogens is 409 g/mol. The third-order valence-corrected chi connectivity index (χ3v) is 5.73. The predicted molar refractivity (Wildman–Crippen MR) is 101 cm³/mol. The van der Waals surface area contributed by atoms with E-state index in [4.69, 9.17) is 0 Å². The summed E-state index contributed by atoms with van der Waals surface area (Å²) in [5, 5.41) is 0.786. The summed E-state index contributed by atoms with van der Waals surface area (Å²) >= 11 is 0. The van der Waals surface area contributed by atoms with Gasteiger partial charge in [0.1, 0.15) is 0 Å². The number of hydrogen-bond acceptors (Lipinski definition) is 4. The van der Waals surface area contributed by atoms with Crippen LogP contribution in [0.4, 0.5) is 18.9 Å². The van der Waals surface area contributed by atoms with Crippen molar-refractivity contribution in [1.29, 1.82) is 0 Å². The van der Waals surface area contributed by atoms with Crippen molar-refractivity contribution in [2.45, 2.75) is 24.0 Å². The molecule has 1 aromatic heterocycles. The van der Waals surface area contributed by atoms with Crippen molar-refractivity contribution in [2.24, 2.45) is 0 Å². The van der Waals surface area contributed by atoms with Gasteiger partial charge in [0.05, 0.1) is 35.2 Å². The van der Waals surface area contributed by atoms with Gasteiger partial charge >= 0.3 is 12.1 Å². The van der Waals surface area contributed by atoms with Gasteiger partial charge in [-0.3, -0.25) is 9.52 Å². The van der Waals surface area contributed by atoms with Crippen molar-refractivity contribution >= 4 is 32.6 Å². The zero-order valence-electron chi connectivity index (χ0n) is 15.2. The van der Waals surface area contributed by atoms with Crippen LogP contribution in [0.15, 0.2) is 59.6 Å². The number of esters is 1. The van der Waals surface area contributed by atoms with Crippen molar-refractivity contribution < 1.29 is 31.1 Å². The lowest BCUT2D eigenvalue weighted by atomic mass is 10.2. The number of alkyl halides is 3. The quantitative estimate of drug-likeness (QED) is 0.604. The summed E-state index contributed by atoms with van der Waals surface area (Å²) in [6, 6.07) is 10.4. The smallest absolute Gasteiger partial charge is 0.417 e. The molecule has 0 aliphatic rings. The summed E-state index contributed by atoms with van der Waals surface area (Å²) in [7, 11) is -3.20. The Balaban J connectivity index is 1.93. The second kappa shape index (κ2) is 7.78. The number of rotatable bonds is 6. The summed E-state index contributed by atoms with van der Waals surface area (Å²) < 4.78 is 73.3. The molecule has 0 saturated carbocycles. The number of hydrogen-bond donors (Lipinski definition) is 1. The number of carbonyl (C=O) groups excluding carboxylic acids is 1. The minimum absolute atomic E-state index is 0.104. The SMILES string of the molecule is COC(=O)CCn1ccc2ccc(NS(=O)(=O)c3ccccc3C(F)(F)F)cc21. The number of carbonyl (C=O) groups is 1. The van der Waals surface area contributed by atoms with E-state index < -0.39 is 32.6 Å². The van der Waals surface area contributed by atoms with Crippen molar-refractivity contribution in [2.75, 3.05) is 11.8 Å². The highest BCUT2D eigenvalue weighted by molar-refractivity contribution is 7.92. The molecule has 0 aliphatic carbocycles. The van der Waals surface area contributed by atoms with Crippen LogP contribution in [-0.2, 0) is 32.3 Å². The maximum absolute atomic E-state index is 13.2. The number of halogens is 3. The van der Waals surface area contributed by atoms with Gasteiger partial charge in [0, 0.05) is 12.7 Å². The Bertz CT molecular complexity index is 1150. The first-order chi connectivity index (χ1) is 13.6. The molecule has 3 rings (SSSR count). The van der Waals surface area contributed by atoms with E-state index in [1.807, 2.05) is 0 Å². The number of fused-ring (bicyclic) bond motifs is 1. The highest BCUT2D eigenvalue weighted by atomic mass is 32.2. The molecule has 0 aliphatic heterocycles. The summed E-state index contributed by atoms with van der Waals surface area (Å²) in [5.74, 6) is -0.396. The molecule has 2 aromatic carbocycles. The Kier molecular flexibility index (Phi) is 5.56. The second-order valence-corrected chi connectivity index (χ2v) is 7.86. The van der Waals surface area contributed by atoms with Gasteiger partial charge in [-0.15, -0.1) is 0 Å². The second-order valence-electron chi connectivity index (χ2n) is 6.21. The molecule has 0 bridgehead atoms. The number of aryl methyl sites for hydroxylation is 1.